The van der Waals surface area contributed by atoms with E-state index in [9.17, 15) is 8.42 Å². The van der Waals surface area contributed by atoms with E-state index in [1.165, 1.54) is 0 Å². The lowest BCUT2D eigenvalue weighted by Crippen LogP contribution is -2.35. The molecule has 21 heavy (non-hydrogen) atoms. The van der Waals surface area contributed by atoms with Gasteiger partial charge in [0.1, 0.15) is 5.65 Å². The number of anilines is 1. The van der Waals surface area contributed by atoms with Crippen LogP contribution < -0.4 is 10.0 Å². The molecule has 2 aromatic heterocycles. The number of sulfonamides is 1. The quantitative estimate of drug-likeness (QED) is 0.872. The van der Waals surface area contributed by atoms with E-state index in [1.807, 2.05) is 13.0 Å². The van der Waals surface area contributed by atoms with Gasteiger partial charge in [-0.25, -0.2) is 18.1 Å². The first kappa shape index (κ1) is 14.7. The van der Waals surface area contributed by atoms with Crippen LogP contribution in [0, 0.1) is 0 Å². The summed E-state index contributed by atoms with van der Waals surface area (Å²) >= 11 is 1.77. The lowest BCUT2D eigenvalue weighted by atomic mass is 10.3. The monoisotopic (exact) mass is 326 g/mol. The van der Waals surface area contributed by atoms with Gasteiger partial charge in [-0.1, -0.05) is 6.07 Å². The first-order chi connectivity index (χ1) is 10.1. The van der Waals surface area contributed by atoms with Crippen molar-refractivity contribution in [3.8, 4) is 0 Å². The van der Waals surface area contributed by atoms with Gasteiger partial charge in [-0.2, -0.15) is 11.8 Å². The Hall–Kier alpha value is -1.25. The van der Waals surface area contributed by atoms with E-state index >= 15 is 0 Å². The minimum absolute atomic E-state index is 0.00346. The van der Waals surface area contributed by atoms with Crippen molar-refractivity contribution in [1.82, 2.24) is 14.1 Å². The Labute approximate surface area is 128 Å². The molecule has 1 saturated heterocycles. The van der Waals surface area contributed by atoms with Crippen LogP contribution in [0.15, 0.2) is 29.4 Å². The maximum absolute atomic E-state index is 12.7. The Bertz CT molecular complexity index is 736. The van der Waals surface area contributed by atoms with E-state index in [1.54, 1.807) is 34.5 Å². The van der Waals surface area contributed by atoms with Crippen LogP contribution in [0.4, 0.5) is 5.82 Å². The largest absolute Gasteiger partial charge is 0.368 e. The summed E-state index contributed by atoms with van der Waals surface area (Å²) in [5.41, 5.74) is 0.620. The fraction of sp³-hybridized carbons (Fsp3) is 0.462. The number of aromatic nitrogens is 2. The maximum atomic E-state index is 12.7. The van der Waals surface area contributed by atoms with Gasteiger partial charge in [0.05, 0.1) is 0 Å². The molecular weight excluding hydrogens is 308 g/mol. The van der Waals surface area contributed by atoms with Crippen LogP contribution in [0.1, 0.15) is 13.3 Å². The SMILES string of the molecule is CCNc1nc2ccccn2c1S(=O)(=O)NC1CCSC1. The smallest absolute Gasteiger partial charge is 0.260 e. The lowest BCUT2D eigenvalue weighted by Gasteiger charge is -2.13. The van der Waals surface area contributed by atoms with Gasteiger partial charge in [0.25, 0.3) is 10.0 Å². The Kier molecular flexibility index (Phi) is 4.10. The summed E-state index contributed by atoms with van der Waals surface area (Å²) < 4.78 is 29.9. The van der Waals surface area contributed by atoms with Crippen LogP contribution in [0.3, 0.4) is 0 Å². The summed E-state index contributed by atoms with van der Waals surface area (Å²) in [4.78, 5) is 4.37. The zero-order chi connectivity index (χ0) is 14.9. The van der Waals surface area contributed by atoms with Gasteiger partial charge in [-0.15, -0.1) is 0 Å². The number of nitrogens with one attached hydrogen (secondary N) is 2. The molecule has 2 N–H and O–H groups in total. The van der Waals surface area contributed by atoms with E-state index < -0.39 is 10.0 Å². The fourth-order valence-electron chi connectivity index (χ4n) is 2.42. The van der Waals surface area contributed by atoms with E-state index in [0.717, 1.165) is 17.9 Å². The van der Waals surface area contributed by atoms with Gasteiger partial charge in [-0.05, 0) is 31.2 Å². The Morgan fingerprint density at radius 1 is 1.48 bits per heavy atom. The van der Waals surface area contributed by atoms with E-state index in [2.05, 4.69) is 15.0 Å². The number of rotatable bonds is 5. The number of fused-ring (bicyclic) bond motifs is 1. The Balaban J connectivity index is 2.06. The molecule has 3 heterocycles. The average molecular weight is 326 g/mol. The summed E-state index contributed by atoms with van der Waals surface area (Å²) in [6.07, 6.45) is 2.60. The van der Waals surface area contributed by atoms with Crippen molar-refractivity contribution in [1.29, 1.82) is 0 Å². The summed E-state index contributed by atoms with van der Waals surface area (Å²) in [6, 6.07) is 5.44. The molecule has 0 aromatic carbocycles. The molecule has 0 aliphatic carbocycles. The molecule has 3 rings (SSSR count). The lowest BCUT2D eigenvalue weighted by molar-refractivity contribution is 0.559. The third kappa shape index (κ3) is 2.88. The summed E-state index contributed by atoms with van der Waals surface area (Å²) in [5, 5.41) is 3.23. The number of nitrogens with zero attached hydrogens (tertiary/aromatic N) is 2. The van der Waals surface area contributed by atoms with Crippen LogP contribution >= 0.6 is 11.8 Å². The number of thioether (sulfide) groups is 1. The predicted octanol–water partition coefficient (Wildman–Crippen LogP) is 1.55. The van der Waals surface area contributed by atoms with Crippen LogP contribution in [-0.2, 0) is 10.0 Å². The first-order valence-electron chi connectivity index (χ1n) is 6.93. The molecule has 1 atom stereocenters. The molecule has 6 nitrogen and oxygen atoms in total. The van der Waals surface area contributed by atoms with Crippen molar-refractivity contribution in [2.75, 3.05) is 23.4 Å². The minimum Gasteiger partial charge on any atom is -0.368 e. The van der Waals surface area contributed by atoms with Gasteiger partial charge >= 0.3 is 0 Å². The number of hydrogen-bond acceptors (Lipinski definition) is 5. The zero-order valence-corrected chi connectivity index (χ0v) is 13.4. The molecule has 2 aromatic rings. The molecule has 8 heteroatoms. The van der Waals surface area contributed by atoms with Crippen molar-refractivity contribution in [3.63, 3.8) is 0 Å². The van der Waals surface area contributed by atoms with Gasteiger partial charge < -0.3 is 5.32 Å². The fourth-order valence-corrected chi connectivity index (χ4v) is 5.21. The second-order valence-corrected chi connectivity index (χ2v) is 7.69. The van der Waals surface area contributed by atoms with E-state index in [4.69, 9.17) is 0 Å². The van der Waals surface area contributed by atoms with Crippen molar-refractivity contribution in [3.05, 3.63) is 24.4 Å². The van der Waals surface area contributed by atoms with Crippen molar-refractivity contribution < 1.29 is 8.42 Å². The van der Waals surface area contributed by atoms with Crippen LogP contribution in [0.5, 0.6) is 0 Å². The van der Waals surface area contributed by atoms with E-state index in [-0.39, 0.29) is 11.1 Å². The molecule has 114 valence electrons. The van der Waals surface area contributed by atoms with Crippen molar-refractivity contribution in [2.24, 2.45) is 0 Å². The zero-order valence-electron chi connectivity index (χ0n) is 11.7. The van der Waals surface area contributed by atoms with E-state index in [0.29, 0.717) is 18.0 Å². The molecule has 0 radical (unpaired) electrons. The molecule has 1 aliphatic heterocycles. The van der Waals surface area contributed by atoms with Crippen LogP contribution in [-0.4, -0.2) is 41.9 Å². The highest BCUT2D eigenvalue weighted by atomic mass is 32.2. The first-order valence-corrected chi connectivity index (χ1v) is 9.56. The Morgan fingerprint density at radius 3 is 3.05 bits per heavy atom. The summed E-state index contributed by atoms with van der Waals surface area (Å²) in [6.45, 7) is 2.53. The standard InChI is InChI=1S/C13H18N4O2S2/c1-2-14-12-13(17-7-4-3-5-11(17)15-12)21(18,19)16-10-6-8-20-9-10/h3-5,7,10,14,16H,2,6,8-9H2,1H3. The normalized spacial score (nSPS) is 19.2. The molecule has 1 aliphatic rings. The Morgan fingerprint density at radius 2 is 2.33 bits per heavy atom. The van der Waals surface area contributed by atoms with Crippen LogP contribution in [0.2, 0.25) is 0 Å². The van der Waals surface area contributed by atoms with Gasteiger partial charge in [-0.3, -0.25) is 4.40 Å². The second-order valence-electron chi connectivity index (χ2n) is 4.91. The summed E-state index contributed by atoms with van der Waals surface area (Å²) in [7, 11) is -3.61. The molecule has 1 unspecified atom stereocenters. The van der Waals surface area contributed by atoms with Gasteiger partial charge in [0, 0.05) is 24.5 Å². The average Bonchev–Trinajstić information content (AvgIpc) is 3.05. The summed E-state index contributed by atoms with van der Waals surface area (Å²) in [5.74, 6) is 2.23. The predicted molar refractivity (Wildman–Crippen MR) is 85.4 cm³/mol. The van der Waals surface area contributed by atoms with Crippen LogP contribution in [0.25, 0.3) is 5.65 Å². The maximum Gasteiger partial charge on any atom is 0.260 e. The second kappa shape index (κ2) is 5.86. The number of imidazole rings is 1. The highest BCUT2D eigenvalue weighted by Crippen LogP contribution is 2.25. The van der Waals surface area contributed by atoms with Crippen molar-refractivity contribution >= 4 is 33.3 Å². The highest BCUT2D eigenvalue weighted by molar-refractivity contribution is 7.99. The number of hydrogen-bond donors (Lipinski definition) is 2. The van der Waals surface area contributed by atoms with Gasteiger partial charge in [0.15, 0.2) is 10.8 Å². The molecule has 0 spiro atoms. The highest BCUT2D eigenvalue weighted by Gasteiger charge is 2.29. The van der Waals surface area contributed by atoms with Gasteiger partial charge in [0.2, 0.25) is 0 Å². The van der Waals surface area contributed by atoms with Crippen molar-refractivity contribution in [2.45, 2.75) is 24.4 Å². The molecule has 0 amide bonds. The topological polar surface area (TPSA) is 75.5 Å². The third-order valence-electron chi connectivity index (χ3n) is 3.34. The number of pyridine rings is 1. The molecule has 0 saturated carbocycles. The molecular formula is C13H18N4O2S2. The third-order valence-corrected chi connectivity index (χ3v) is 6.04. The molecule has 0 bridgehead atoms. The minimum atomic E-state index is -3.61. The molecule has 1 fully saturated rings.